The van der Waals surface area contributed by atoms with Crippen LogP contribution in [0.15, 0.2) is 0 Å². The van der Waals surface area contributed by atoms with Crippen LogP contribution in [0.1, 0.15) is 0 Å². The van der Waals surface area contributed by atoms with E-state index in [1.165, 1.54) is 0 Å². The fourth-order valence-corrected chi connectivity index (χ4v) is 0. The molecule has 6 heavy (non-hydrogen) atoms. The molecular formula is CKNaO3. The van der Waals surface area contributed by atoms with Gasteiger partial charge in [-0.15, -0.1) is 0 Å². The van der Waals surface area contributed by atoms with Crippen LogP contribution in [0.25, 0.3) is 0 Å². The van der Waals surface area contributed by atoms with Gasteiger partial charge in [0.2, 0.25) is 0 Å². The Morgan fingerprint density at radius 1 is 1.33 bits per heavy atom. The van der Waals surface area contributed by atoms with Crippen LogP contribution in [0.2, 0.25) is 0 Å². The second-order valence-corrected chi connectivity index (χ2v) is 0.250. The molecule has 0 aromatic carbocycles. The third kappa shape index (κ3) is 39.1. The van der Waals surface area contributed by atoms with Crippen molar-refractivity contribution in [2.45, 2.75) is 0 Å². The quantitative estimate of drug-likeness (QED) is 0.300. The molecule has 0 saturated heterocycles. The van der Waals surface area contributed by atoms with Gasteiger partial charge < -0.3 is 15.0 Å². The summed E-state index contributed by atoms with van der Waals surface area (Å²) >= 11 is 0. The van der Waals surface area contributed by atoms with E-state index in [0.717, 1.165) is 0 Å². The van der Waals surface area contributed by atoms with Crippen LogP contribution in [0, 0.1) is 0 Å². The molecule has 0 bridgehead atoms. The van der Waals surface area contributed by atoms with E-state index >= 15 is 0 Å². The van der Waals surface area contributed by atoms with Gasteiger partial charge in [0.25, 0.3) is 0 Å². The molecule has 0 heterocycles. The van der Waals surface area contributed by atoms with Crippen molar-refractivity contribution in [3.8, 4) is 0 Å². The van der Waals surface area contributed by atoms with E-state index in [-0.39, 0.29) is 80.9 Å². The summed E-state index contributed by atoms with van der Waals surface area (Å²) in [6, 6.07) is 0. The summed E-state index contributed by atoms with van der Waals surface area (Å²) in [5.41, 5.74) is 0. The van der Waals surface area contributed by atoms with Crippen molar-refractivity contribution in [2.75, 3.05) is 0 Å². The van der Waals surface area contributed by atoms with E-state index in [0.29, 0.717) is 0 Å². The van der Waals surface area contributed by atoms with Gasteiger partial charge in [-0.05, 0) is 6.16 Å². The van der Waals surface area contributed by atoms with Crippen molar-refractivity contribution in [1.82, 2.24) is 0 Å². The molecule has 24 valence electrons. The average molecular weight is 122 g/mol. The molecule has 0 aliphatic carbocycles. The van der Waals surface area contributed by atoms with Crippen LogP contribution in [0.4, 0.5) is 4.79 Å². The number of carbonyl (C=O) groups excluding carboxylic acids is 1. The van der Waals surface area contributed by atoms with E-state index in [2.05, 4.69) is 0 Å². The molecular weight excluding hydrogens is 122 g/mol. The van der Waals surface area contributed by atoms with Crippen LogP contribution in [0.5, 0.6) is 0 Å². The smallest absolute Gasteiger partial charge is 0.652 e. The van der Waals surface area contributed by atoms with Crippen molar-refractivity contribution in [3.63, 3.8) is 0 Å². The molecule has 0 rings (SSSR count). The van der Waals surface area contributed by atoms with Crippen molar-refractivity contribution >= 4 is 6.16 Å². The number of hydrogen-bond acceptors (Lipinski definition) is 3. The molecule has 0 aromatic rings. The molecule has 0 aromatic heterocycles. The van der Waals surface area contributed by atoms with E-state index < -0.39 is 6.16 Å². The van der Waals surface area contributed by atoms with Gasteiger partial charge in [-0.2, -0.15) is 0 Å². The van der Waals surface area contributed by atoms with Crippen molar-refractivity contribution in [3.05, 3.63) is 0 Å². The maximum atomic E-state index is 8.33. The first-order chi connectivity index (χ1) is 1.73. The topological polar surface area (TPSA) is 63.2 Å². The van der Waals surface area contributed by atoms with Gasteiger partial charge in [0.15, 0.2) is 0 Å². The van der Waals surface area contributed by atoms with Gasteiger partial charge in [-0.3, -0.25) is 0 Å². The predicted molar refractivity (Wildman–Crippen MR) is 5.40 cm³/mol. The number of carbonyl (C=O) groups is 1. The molecule has 3 nitrogen and oxygen atoms in total. The third-order valence-electron chi connectivity index (χ3n) is 0. The Morgan fingerprint density at radius 3 is 1.33 bits per heavy atom. The van der Waals surface area contributed by atoms with E-state index in [9.17, 15) is 0 Å². The first-order valence-electron chi connectivity index (χ1n) is 0.612. The zero-order valence-corrected chi connectivity index (χ0v) is 8.85. The van der Waals surface area contributed by atoms with Gasteiger partial charge in [-0.1, -0.05) is 0 Å². The Kier molecular flexibility index (Phi) is 26.1. The Morgan fingerprint density at radius 2 is 1.33 bits per heavy atom. The summed E-state index contributed by atoms with van der Waals surface area (Å²) in [6.45, 7) is 0. The van der Waals surface area contributed by atoms with Crippen molar-refractivity contribution in [2.24, 2.45) is 0 Å². The maximum Gasteiger partial charge on any atom is 1.00 e. The molecule has 0 spiro atoms. The van der Waals surface area contributed by atoms with E-state index in [4.69, 9.17) is 15.0 Å². The summed E-state index contributed by atoms with van der Waals surface area (Å²) in [5, 5.41) is 16.7. The molecule has 0 unspecified atom stereocenters. The Labute approximate surface area is 99.8 Å². The summed E-state index contributed by atoms with van der Waals surface area (Å²) in [5.74, 6) is 0. The average Bonchev–Trinajstić information content (AvgIpc) is 0.811. The standard InChI is InChI=1S/CH2O3.K.Na/c2-1(3)4;;/h(H2,2,3,4);;/q;2*+1/p-2. The molecule has 0 atom stereocenters. The molecule has 0 fully saturated rings. The molecule has 5 heteroatoms. The fourth-order valence-electron chi connectivity index (χ4n) is 0. The summed E-state index contributed by atoms with van der Waals surface area (Å²) in [4.78, 5) is 8.33. The van der Waals surface area contributed by atoms with Gasteiger partial charge in [0.05, 0.1) is 0 Å². The number of hydrogen-bond donors (Lipinski definition) is 0. The second kappa shape index (κ2) is 10.0. The number of carboxylic acid groups (broad SMARTS) is 2. The summed E-state index contributed by atoms with van der Waals surface area (Å²) in [6.07, 6.45) is -2.33. The van der Waals surface area contributed by atoms with Crippen LogP contribution in [0.3, 0.4) is 0 Å². The normalized spacial score (nSPS) is 4.00. The Hall–Kier alpha value is 1.91. The van der Waals surface area contributed by atoms with Crippen molar-refractivity contribution < 1.29 is 95.9 Å². The van der Waals surface area contributed by atoms with Gasteiger partial charge >= 0.3 is 80.9 Å². The van der Waals surface area contributed by atoms with Gasteiger partial charge in [0.1, 0.15) is 0 Å². The van der Waals surface area contributed by atoms with Gasteiger partial charge in [0, 0.05) is 0 Å². The fraction of sp³-hybridized carbons (Fsp3) is 0. The SMILES string of the molecule is O=C([O-])[O-].[K+].[Na+]. The largest absolute Gasteiger partial charge is 1.00 e. The van der Waals surface area contributed by atoms with Crippen LogP contribution >= 0.6 is 0 Å². The van der Waals surface area contributed by atoms with Gasteiger partial charge in [-0.25, -0.2) is 0 Å². The molecule has 0 aliphatic rings. The first kappa shape index (κ1) is 15.7. The minimum absolute atomic E-state index is 0. The third-order valence-corrected chi connectivity index (χ3v) is 0. The van der Waals surface area contributed by atoms with E-state index in [1.807, 2.05) is 0 Å². The summed E-state index contributed by atoms with van der Waals surface area (Å²) in [7, 11) is 0. The minimum atomic E-state index is -2.33. The molecule has 0 N–H and O–H groups in total. The maximum absolute atomic E-state index is 8.33. The first-order valence-corrected chi connectivity index (χ1v) is 0.612. The zero-order valence-electron chi connectivity index (χ0n) is 3.72. The van der Waals surface area contributed by atoms with Crippen molar-refractivity contribution in [1.29, 1.82) is 0 Å². The van der Waals surface area contributed by atoms with Crippen LogP contribution in [-0.4, -0.2) is 6.16 Å². The second-order valence-electron chi connectivity index (χ2n) is 0.250. The molecule has 0 radical (unpaired) electrons. The molecule has 0 saturated carbocycles. The Bertz CT molecular complexity index is 33.8. The van der Waals surface area contributed by atoms with Crippen LogP contribution in [-0.2, 0) is 0 Å². The molecule has 0 amide bonds. The van der Waals surface area contributed by atoms with E-state index in [1.54, 1.807) is 0 Å². The Balaban J connectivity index is -0.0000000450. The monoisotopic (exact) mass is 122 g/mol. The minimum Gasteiger partial charge on any atom is -0.652 e. The number of rotatable bonds is 0. The predicted octanol–water partition coefficient (Wildman–Crippen LogP) is -8.44. The molecule has 0 aliphatic heterocycles. The zero-order chi connectivity index (χ0) is 3.58. The summed E-state index contributed by atoms with van der Waals surface area (Å²) < 4.78 is 0. The van der Waals surface area contributed by atoms with Crippen LogP contribution < -0.4 is 91.2 Å².